The fourth-order valence-corrected chi connectivity index (χ4v) is 2.21. The lowest BCUT2D eigenvalue weighted by Crippen LogP contribution is -2.20. The summed E-state index contributed by atoms with van der Waals surface area (Å²) in [5, 5.41) is 0. The van der Waals surface area contributed by atoms with Crippen molar-refractivity contribution in [2.24, 2.45) is 5.73 Å². The summed E-state index contributed by atoms with van der Waals surface area (Å²) in [6.07, 6.45) is 4.00. The van der Waals surface area contributed by atoms with E-state index < -0.39 is 0 Å². The molecule has 1 aromatic rings. The van der Waals surface area contributed by atoms with Crippen LogP contribution in [0.5, 0.6) is 0 Å². The van der Waals surface area contributed by atoms with Gasteiger partial charge >= 0.3 is 0 Å². The van der Waals surface area contributed by atoms with Crippen LogP contribution in [0, 0.1) is 5.82 Å². The van der Waals surface area contributed by atoms with Gasteiger partial charge in [-0.3, -0.25) is 0 Å². The molecule has 0 aliphatic heterocycles. The number of rotatable bonds is 3. The Kier molecular flexibility index (Phi) is 2.54. The smallest absolute Gasteiger partial charge is 0.128 e. The Morgan fingerprint density at radius 3 is 2.64 bits per heavy atom. The van der Waals surface area contributed by atoms with E-state index in [9.17, 15) is 4.39 Å². The number of hydrogen-bond donors (Lipinski definition) is 1. The van der Waals surface area contributed by atoms with Gasteiger partial charge in [-0.05, 0) is 36.8 Å². The number of benzene rings is 1. The van der Waals surface area contributed by atoms with Gasteiger partial charge in [0.05, 0.1) is 0 Å². The van der Waals surface area contributed by atoms with E-state index in [1.807, 2.05) is 18.4 Å². The van der Waals surface area contributed by atoms with Crippen LogP contribution in [0.1, 0.15) is 18.4 Å². The van der Waals surface area contributed by atoms with Crippen LogP contribution >= 0.6 is 11.8 Å². The van der Waals surface area contributed by atoms with Crippen LogP contribution < -0.4 is 5.73 Å². The van der Waals surface area contributed by atoms with Crippen LogP contribution in [-0.4, -0.2) is 12.8 Å². The zero-order valence-electron chi connectivity index (χ0n) is 8.22. The molecule has 1 aliphatic rings. The molecule has 0 bridgehead atoms. The Labute approximate surface area is 87.9 Å². The third kappa shape index (κ3) is 1.55. The summed E-state index contributed by atoms with van der Waals surface area (Å²) in [6, 6.07) is 5.47. The van der Waals surface area contributed by atoms with E-state index in [2.05, 4.69) is 0 Å². The highest BCUT2D eigenvalue weighted by Crippen LogP contribution is 2.48. The zero-order chi connectivity index (χ0) is 10.2. The lowest BCUT2D eigenvalue weighted by atomic mass is 9.96. The molecular formula is C11H14FNS. The molecule has 2 rings (SSSR count). The second-order valence-electron chi connectivity index (χ2n) is 3.83. The average molecular weight is 211 g/mol. The number of thioether (sulfide) groups is 1. The molecule has 14 heavy (non-hydrogen) atoms. The van der Waals surface area contributed by atoms with E-state index in [1.54, 1.807) is 17.8 Å². The molecule has 2 N–H and O–H groups in total. The lowest BCUT2D eigenvalue weighted by molar-refractivity contribution is 0.570. The summed E-state index contributed by atoms with van der Waals surface area (Å²) in [6.45, 7) is 0.558. The minimum Gasteiger partial charge on any atom is -0.330 e. The molecule has 1 aliphatic carbocycles. The second kappa shape index (κ2) is 3.55. The van der Waals surface area contributed by atoms with E-state index in [1.165, 1.54) is 0 Å². The molecule has 0 aromatic heterocycles. The fraction of sp³-hybridized carbons (Fsp3) is 0.455. The predicted octanol–water partition coefficient (Wildman–Crippen LogP) is 2.54. The second-order valence-corrected chi connectivity index (χ2v) is 4.71. The van der Waals surface area contributed by atoms with Gasteiger partial charge in [0.2, 0.25) is 0 Å². The van der Waals surface area contributed by atoms with Gasteiger partial charge in [0.15, 0.2) is 0 Å². The molecule has 1 saturated carbocycles. The molecule has 0 saturated heterocycles. The van der Waals surface area contributed by atoms with E-state index in [-0.39, 0.29) is 11.2 Å². The Hall–Kier alpha value is -0.540. The van der Waals surface area contributed by atoms with Gasteiger partial charge in [0.1, 0.15) is 5.82 Å². The van der Waals surface area contributed by atoms with Crippen LogP contribution in [-0.2, 0) is 5.41 Å². The molecule has 1 aromatic carbocycles. The van der Waals surface area contributed by atoms with Gasteiger partial charge in [-0.2, -0.15) is 0 Å². The maximum atomic E-state index is 13.7. The first-order chi connectivity index (χ1) is 6.72. The molecule has 1 fully saturated rings. The van der Waals surface area contributed by atoms with E-state index in [4.69, 9.17) is 5.73 Å². The van der Waals surface area contributed by atoms with Crippen molar-refractivity contribution < 1.29 is 4.39 Å². The highest BCUT2D eigenvalue weighted by Gasteiger charge is 2.44. The van der Waals surface area contributed by atoms with Crippen LogP contribution in [0.3, 0.4) is 0 Å². The predicted molar refractivity (Wildman–Crippen MR) is 58.1 cm³/mol. The van der Waals surface area contributed by atoms with Crippen molar-refractivity contribution in [2.45, 2.75) is 23.2 Å². The topological polar surface area (TPSA) is 26.0 Å². The summed E-state index contributed by atoms with van der Waals surface area (Å²) in [4.78, 5) is 0.971. The van der Waals surface area contributed by atoms with Crippen LogP contribution in [0.2, 0.25) is 0 Å². The van der Waals surface area contributed by atoms with E-state index in [0.29, 0.717) is 6.54 Å². The molecule has 0 spiro atoms. The van der Waals surface area contributed by atoms with Crippen LogP contribution in [0.15, 0.2) is 23.1 Å². The largest absolute Gasteiger partial charge is 0.330 e. The van der Waals surface area contributed by atoms with Crippen molar-refractivity contribution in [3.63, 3.8) is 0 Å². The third-order valence-electron chi connectivity index (χ3n) is 2.99. The molecule has 76 valence electrons. The summed E-state index contributed by atoms with van der Waals surface area (Å²) in [5.41, 5.74) is 6.43. The average Bonchev–Trinajstić information content (AvgIpc) is 2.98. The molecule has 0 heterocycles. The quantitative estimate of drug-likeness (QED) is 0.777. The molecule has 0 amide bonds. The highest BCUT2D eigenvalue weighted by molar-refractivity contribution is 7.98. The Bertz CT molecular complexity index is 347. The molecule has 1 nitrogen and oxygen atoms in total. The lowest BCUT2D eigenvalue weighted by Gasteiger charge is -2.14. The minimum atomic E-state index is -0.0974. The van der Waals surface area contributed by atoms with Gasteiger partial charge in [0, 0.05) is 16.9 Å². The van der Waals surface area contributed by atoms with Crippen molar-refractivity contribution in [3.05, 3.63) is 29.6 Å². The van der Waals surface area contributed by atoms with Crippen molar-refractivity contribution in [3.8, 4) is 0 Å². The van der Waals surface area contributed by atoms with Gasteiger partial charge < -0.3 is 5.73 Å². The molecule has 0 atom stereocenters. The van der Waals surface area contributed by atoms with Crippen molar-refractivity contribution in [2.75, 3.05) is 12.8 Å². The molecule has 0 radical (unpaired) electrons. The van der Waals surface area contributed by atoms with E-state index in [0.717, 1.165) is 23.3 Å². The first kappa shape index (κ1) is 9.99. The summed E-state index contributed by atoms with van der Waals surface area (Å²) >= 11 is 1.56. The number of nitrogens with two attached hydrogens (primary N) is 1. The first-order valence-electron chi connectivity index (χ1n) is 4.76. The number of hydrogen-bond acceptors (Lipinski definition) is 2. The van der Waals surface area contributed by atoms with Crippen LogP contribution in [0.25, 0.3) is 0 Å². The van der Waals surface area contributed by atoms with Crippen LogP contribution in [0.4, 0.5) is 4.39 Å². The van der Waals surface area contributed by atoms with Gasteiger partial charge in [-0.15, -0.1) is 11.8 Å². The monoisotopic (exact) mass is 211 g/mol. The minimum absolute atomic E-state index is 0.0407. The molecule has 0 unspecified atom stereocenters. The maximum absolute atomic E-state index is 13.7. The Balaban J connectivity index is 2.36. The standard InChI is InChI=1S/C11H14FNS/c1-14-8-2-3-9(10(12)6-8)11(7-13)4-5-11/h2-3,6H,4-5,7,13H2,1H3. The normalized spacial score (nSPS) is 18.2. The SMILES string of the molecule is CSc1ccc(C2(CN)CC2)c(F)c1. The van der Waals surface area contributed by atoms with Gasteiger partial charge in [0.25, 0.3) is 0 Å². The fourth-order valence-electron chi connectivity index (χ4n) is 1.79. The summed E-state index contributed by atoms with van der Waals surface area (Å²) in [7, 11) is 0. The van der Waals surface area contributed by atoms with Gasteiger partial charge in [-0.1, -0.05) is 6.07 Å². The molecular weight excluding hydrogens is 197 g/mol. The maximum Gasteiger partial charge on any atom is 0.128 e. The van der Waals surface area contributed by atoms with E-state index >= 15 is 0 Å². The number of halogens is 1. The van der Waals surface area contributed by atoms with Crippen molar-refractivity contribution in [1.82, 2.24) is 0 Å². The third-order valence-corrected chi connectivity index (χ3v) is 3.72. The first-order valence-corrected chi connectivity index (χ1v) is 5.98. The highest BCUT2D eigenvalue weighted by atomic mass is 32.2. The van der Waals surface area contributed by atoms with Crippen molar-refractivity contribution >= 4 is 11.8 Å². The van der Waals surface area contributed by atoms with Gasteiger partial charge in [-0.25, -0.2) is 4.39 Å². The van der Waals surface area contributed by atoms with Crippen molar-refractivity contribution in [1.29, 1.82) is 0 Å². The Morgan fingerprint density at radius 1 is 1.50 bits per heavy atom. The summed E-state index contributed by atoms with van der Waals surface area (Å²) in [5.74, 6) is -0.0974. The zero-order valence-corrected chi connectivity index (χ0v) is 9.03. The summed E-state index contributed by atoms with van der Waals surface area (Å²) < 4.78 is 13.7. The Morgan fingerprint density at radius 2 is 2.21 bits per heavy atom. The molecule has 3 heteroatoms.